The second-order valence-electron chi connectivity index (χ2n) is 6.29. The highest BCUT2D eigenvalue weighted by Crippen LogP contribution is 2.50. The van der Waals surface area contributed by atoms with Crippen LogP contribution < -0.4 is 0 Å². The van der Waals surface area contributed by atoms with E-state index in [1.54, 1.807) is 5.57 Å². The summed E-state index contributed by atoms with van der Waals surface area (Å²) in [6, 6.07) is 0. The zero-order valence-corrected chi connectivity index (χ0v) is 11.9. The van der Waals surface area contributed by atoms with E-state index in [2.05, 4.69) is 39.8 Å². The van der Waals surface area contributed by atoms with Crippen LogP contribution in [0.4, 0.5) is 0 Å². The van der Waals surface area contributed by atoms with Crippen molar-refractivity contribution in [1.29, 1.82) is 0 Å². The Morgan fingerprint density at radius 2 is 2.12 bits per heavy atom. The first kappa shape index (κ1) is 12.9. The average molecular weight is 234 g/mol. The van der Waals surface area contributed by atoms with Gasteiger partial charge in [0.2, 0.25) is 0 Å². The molecule has 0 amide bonds. The van der Waals surface area contributed by atoms with Gasteiger partial charge in [0.15, 0.2) is 0 Å². The Labute approximate surface area is 106 Å². The summed E-state index contributed by atoms with van der Waals surface area (Å²) in [4.78, 5) is 0. The van der Waals surface area contributed by atoms with Crippen LogP contribution in [0.2, 0.25) is 0 Å². The molecule has 0 saturated heterocycles. The molecule has 0 spiro atoms. The van der Waals surface area contributed by atoms with Gasteiger partial charge >= 0.3 is 0 Å². The molecule has 96 valence electrons. The fourth-order valence-corrected chi connectivity index (χ4v) is 3.54. The second kappa shape index (κ2) is 4.61. The highest BCUT2D eigenvalue weighted by atomic mass is 16.5. The van der Waals surface area contributed by atoms with E-state index >= 15 is 0 Å². The molecule has 2 aliphatic carbocycles. The van der Waals surface area contributed by atoms with Crippen LogP contribution in [0.5, 0.6) is 0 Å². The summed E-state index contributed by atoms with van der Waals surface area (Å²) in [6.07, 6.45) is 8.90. The number of rotatable bonds is 2. The highest BCUT2D eigenvalue weighted by molar-refractivity contribution is 5.41. The zero-order valence-electron chi connectivity index (χ0n) is 11.9. The van der Waals surface area contributed by atoms with Crippen molar-refractivity contribution in [3.63, 3.8) is 0 Å². The van der Waals surface area contributed by atoms with E-state index in [0.717, 1.165) is 18.3 Å². The number of allylic oxidation sites excluding steroid dienone is 2. The van der Waals surface area contributed by atoms with Crippen molar-refractivity contribution < 1.29 is 4.74 Å². The summed E-state index contributed by atoms with van der Waals surface area (Å²) in [5.41, 5.74) is 3.28. The summed E-state index contributed by atoms with van der Waals surface area (Å²) in [7, 11) is 1.86. The Bertz CT molecular complexity index is 351. The Morgan fingerprint density at radius 3 is 2.71 bits per heavy atom. The summed E-state index contributed by atoms with van der Waals surface area (Å²) < 4.78 is 5.72. The van der Waals surface area contributed by atoms with Gasteiger partial charge in [0.05, 0.1) is 6.10 Å². The number of methoxy groups -OCH3 is 1. The standard InChI is InChI=1S/C16H26O/c1-11(2)13-8-9-16(4)14(10-13)12(3)6-7-15(16)17-5/h6,10-11,13,15H,7-9H2,1-5H3/t13-,15+,16+/m1/s1. The SMILES string of the molecule is CO[C@H]1CC=C(C)C2=C[C@H](C(C)C)CC[C@@]21C. The summed E-state index contributed by atoms with van der Waals surface area (Å²) in [5, 5.41) is 0. The third-order valence-electron chi connectivity index (χ3n) is 4.91. The summed E-state index contributed by atoms with van der Waals surface area (Å²) in [5.74, 6) is 1.50. The molecule has 2 rings (SSSR count). The van der Waals surface area contributed by atoms with Crippen molar-refractivity contribution in [3.8, 4) is 0 Å². The zero-order chi connectivity index (χ0) is 12.6. The van der Waals surface area contributed by atoms with E-state index in [1.165, 1.54) is 18.4 Å². The van der Waals surface area contributed by atoms with Crippen LogP contribution in [0.1, 0.15) is 47.0 Å². The lowest BCUT2D eigenvalue weighted by Gasteiger charge is -2.46. The molecule has 3 atom stereocenters. The molecule has 0 heterocycles. The monoisotopic (exact) mass is 234 g/mol. The molecule has 0 bridgehead atoms. The minimum atomic E-state index is 0.249. The minimum absolute atomic E-state index is 0.249. The Hall–Kier alpha value is -0.560. The van der Waals surface area contributed by atoms with Crippen molar-refractivity contribution in [3.05, 3.63) is 23.3 Å². The minimum Gasteiger partial charge on any atom is -0.380 e. The van der Waals surface area contributed by atoms with Crippen molar-refractivity contribution in [2.24, 2.45) is 17.3 Å². The molecule has 0 aromatic carbocycles. The van der Waals surface area contributed by atoms with E-state index in [-0.39, 0.29) is 5.41 Å². The molecule has 0 fully saturated rings. The van der Waals surface area contributed by atoms with Gasteiger partial charge in [-0.2, -0.15) is 0 Å². The maximum absolute atomic E-state index is 5.72. The Kier molecular flexibility index (Phi) is 3.49. The van der Waals surface area contributed by atoms with Crippen LogP contribution >= 0.6 is 0 Å². The number of hydrogen-bond acceptors (Lipinski definition) is 1. The predicted octanol–water partition coefficient (Wildman–Crippen LogP) is 4.35. The first-order chi connectivity index (χ1) is 7.99. The Balaban J connectivity index is 2.39. The third kappa shape index (κ3) is 2.10. The van der Waals surface area contributed by atoms with Gasteiger partial charge < -0.3 is 4.74 Å². The fraction of sp³-hybridized carbons (Fsp3) is 0.750. The molecule has 0 N–H and O–H groups in total. The van der Waals surface area contributed by atoms with E-state index in [1.807, 2.05) is 7.11 Å². The van der Waals surface area contributed by atoms with Gasteiger partial charge in [-0.05, 0) is 43.6 Å². The molecule has 1 heteroatoms. The number of hydrogen-bond donors (Lipinski definition) is 0. The van der Waals surface area contributed by atoms with Crippen molar-refractivity contribution in [2.75, 3.05) is 7.11 Å². The lowest BCUT2D eigenvalue weighted by atomic mass is 9.61. The second-order valence-corrected chi connectivity index (χ2v) is 6.29. The Morgan fingerprint density at radius 1 is 1.41 bits per heavy atom. The van der Waals surface area contributed by atoms with Crippen molar-refractivity contribution >= 4 is 0 Å². The lowest BCUT2D eigenvalue weighted by molar-refractivity contribution is 0.00423. The average Bonchev–Trinajstić information content (AvgIpc) is 2.28. The topological polar surface area (TPSA) is 9.23 Å². The van der Waals surface area contributed by atoms with Gasteiger partial charge in [-0.15, -0.1) is 0 Å². The molecule has 0 radical (unpaired) electrons. The molecule has 0 aliphatic heterocycles. The maximum atomic E-state index is 5.72. The summed E-state index contributed by atoms with van der Waals surface area (Å²) >= 11 is 0. The molecular formula is C16H26O. The first-order valence-electron chi connectivity index (χ1n) is 6.91. The normalized spacial score (nSPS) is 37.5. The lowest BCUT2D eigenvalue weighted by Crippen LogP contribution is -2.41. The van der Waals surface area contributed by atoms with E-state index < -0.39 is 0 Å². The van der Waals surface area contributed by atoms with Crippen molar-refractivity contribution in [1.82, 2.24) is 0 Å². The van der Waals surface area contributed by atoms with Crippen LogP contribution in [0.15, 0.2) is 23.3 Å². The van der Waals surface area contributed by atoms with Crippen molar-refractivity contribution in [2.45, 2.75) is 53.1 Å². The van der Waals surface area contributed by atoms with Gasteiger partial charge in [0.1, 0.15) is 0 Å². The first-order valence-corrected chi connectivity index (χ1v) is 6.91. The van der Waals surface area contributed by atoms with E-state index in [9.17, 15) is 0 Å². The summed E-state index contributed by atoms with van der Waals surface area (Å²) in [6.45, 7) is 9.32. The number of fused-ring (bicyclic) bond motifs is 1. The third-order valence-corrected chi connectivity index (χ3v) is 4.91. The van der Waals surface area contributed by atoms with Gasteiger partial charge in [-0.1, -0.05) is 38.5 Å². The highest BCUT2D eigenvalue weighted by Gasteiger charge is 2.43. The maximum Gasteiger partial charge on any atom is 0.0699 e. The number of ether oxygens (including phenoxy) is 1. The van der Waals surface area contributed by atoms with Gasteiger partial charge in [0.25, 0.3) is 0 Å². The van der Waals surface area contributed by atoms with Gasteiger partial charge in [0, 0.05) is 12.5 Å². The van der Waals surface area contributed by atoms with Crippen LogP contribution in [0.3, 0.4) is 0 Å². The molecule has 0 aromatic heterocycles. The van der Waals surface area contributed by atoms with Crippen LogP contribution in [-0.4, -0.2) is 13.2 Å². The molecule has 17 heavy (non-hydrogen) atoms. The van der Waals surface area contributed by atoms with Crippen LogP contribution in [-0.2, 0) is 4.74 Å². The van der Waals surface area contributed by atoms with Crippen LogP contribution in [0.25, 0.3) is 0 Å². The molecule has 1 nitrogen and oxygen atoms in total. The molecular weight excluding hydrogens is 208 g/mol. The van der Waals surface area contributed by atoms with Gasteiger partial charge in [-0.3, -0.25) is 0 Å². The van der Waals surface area contributed by atoms with Crippen LogP contribution in [0, 0.1) is 17.3 Å². The molecule has 0 unspecified atom stereocenters. The molecule has 0 saturated carbocycles. The quantitative estimate of drug-likeness (QED) is 0.690. The van der Waals surface area contributed by atoms with E-state index in [4.69, 9.17) is 4.74 Å². The largest absolute Gasteiger partial charge is 0.380 e. The predicted molar refractivity (Wildman–Crippen MR) is 72.9 cm³/mol. The van der Waals surface area contributed by atoms with Gasteiger partial charge in [-0.25, -0.2) is 0 Å². The molecule has 0 aromatic rings. The smallest absolute Gasteiger partial charge is 0.0699 e. The molecule has 2 aliphatic rings. The van der Waals surface area contributed by atoms with E-state index in [0.29, 0.717) is 6.10 Å². The fourth-order valence-electron chi connectivity index (χ4n) is 3.54.